The maximum absolute atomic E-state index is 13.3. The number of carbonyl (C=O) groups is 2. The Hall–Kier alpha value is -1.69. The standard InChI is InChI=1S/C22H32N2O3S/c1-4-13-27-21(25)19-14-28-20(17-10-6-5-7-11-17)24(19)22(26)23-18-12-8-9-15(2)16(18)3/h8-9,12,17,19-20H,4-7,10-11,13-14H2,1-3H3,(H,23,26)/t19-,20+/m0/s1. The Morgan fingerprint density at radius 1 is 1.21 bits per heavy atom. The van der Waals surface area contributed by atoms with E-state index in [1.165, 1.54) is 19.3 Å². The number of thioether (sulfide) groups is 1. The van der Waals surface area contributed by atoms with Crippen molar-refractivity contribution in [3.05, 3.63) is 29.3 Å². The van der Waals surface area contributed by atoms with Crippen LogP contribution in [0.4, 0.5) is 10.5 Å². The van der Waals surface area contributed by atoms with Crippen LogP contribution in [-0.2, 0) is 9.53 Å². The minimum Gasteiger partial charge on any atom is -0.464 e. The Kier molecular flexibility index (Phi) is 7.27. The third kappa shape index (κ3) is 4.65. The first-order chi connectivity index (χ1) is 13.5. The van der Waals surface area contributed by atoms with Crippen LogP contribution >= 0.6 is 11.8 Å². The molecule has 154 valence electrons. The van der Waals surface area contributed by atoms with Crippen molar-refractivity contribution in [3.8, 4) is 0 Å². The summed E-state index contributed by atoms with van der Waals surface area (Å²) >= 11 is 1.74. The molecule has 0 unspecified atom stereocenters. The number of carbonyl (C=O) groups excluding carboxylic acids is 2. The molecule has 2 fully saturated rings. The van der Waals surface area contributed by atoms with Gasteiger partial charge in [0.2, 0.25) is 0 Å². The number of nitrogens with one attached hydrogen (secondary N) is 1. The highest BCUT2D eigenvalue weighted by molar-refractivity contribution is 8.00. The summed E-state index contributed by atoms with van der Waals surface area (Å²) in [6, 6.07) is 5.21. The normalized spacial score (nSPS) is 22.9. The van der Waals surface area contributed by atoms with E-state index in [4.69, 9.17) is 4.74 Å². The molecule has 1 aliphatic carbocycles. The van der Waals surface area contributed by atoms with Crippen LogP contribution in [0.1, 0.15) is 56.6 Å². The molecule has 2 aliphatic rings. The second kappa shape index (κ2) is 9.68. The summed E-state index contributed by atoms with van der Waals surface area (Å²) < 4.78 is 5.41. The van der Waals surface area contributed by atoms with Crippen LogP contribution in [0.3, 0.4) is 0 Å². The number of aryl methyl sites for hydroxylation is 1. The number of hydrogen-bond acceptors (Lipinski definition) is 4. The summed E-state index contributed by atoms with van der Waals surface area (Å²) in [7, 11) is 0. The average molecular weight is 405 g/mol. The van der Waals surface area contributed by atoms with Gasteiger partial charge in [-0.3, -0.25) is 4.90 Å². The maximum Gasteiger partial charge on any atom is 0.329 e. The van der Waals surface area contributed by atoms with Crippen LogP contribution in [0.5, 0.6) is 0 Å². The number of urea groups is 1. The number of hydrogen-bond donors (Lipinski definition) is 1. The van der Waals surface area contributed by atoms with Crippen molar-refractivity contribution in [2.45, 2.75) is 70.7 Å². The van der Waals surface area contributed by atoms with Gasteiger partial charge in [-0.15, -0.1) is 11.8 Å². The van der Waals surface area contributed by atoms with Crippen LogP contribution in [0.25, 0.3) is 0 Å². The van der Waals surface area contributed by atoms with Crippen molar-refractivity contribution >= 4 is 29.4 Å². The van der Waals surface area contributed by atoms with Gasteiger partial charge in [0.05, 0.1) is 12.0 Å². The van der Waals surface area contributed by atoms with Crippen molar-refractivity contribution in [1.82, 2.24) is 4.90 Å². The van der Waals surface area contributed by atoms with E-state index in [0.29, 0.717) is 18.3 Å². The molecule has 3 rings (SSSR count). The maximum atomic E-state index is 13.3. The van der Waals surface area contributed by atoms with Crippen LogP contribution in [0.2, 0.25) is 0 Å². The Labute approximate surface area is 172 Å². The highest BCUT2D eigenvalue weighted by Gasteiger charge is 2.45. The van der Waals surface area contributed by atoms with E-state index in [-0.39, 0.29) is 17.4 Å². The molecule has 0 spiro atoms. The molecule has 1 aliphatic heterocycles. The van der Waals surface area contributed by atoms with E-state index >= 15 is 0 Å². The van der Waals surface area contributed by atoms with E-state index in [9.17, 15) is 9.59 Å². The molecule has 6 heteroatoms. The smallest absolute Gasteiger partial charge is 0.329 e. The number of nitrogens with zero attached hydrogens (tertiary/aromatic N) is 1. The highest BCUT2D eigenvalue weighted by atomic mass is 32.2. The van der Waals surface area contributed by atoms with Crippen LogP contribution < -0.4 is 5.32 Å². The first-order valence-electron chi connectivity index (χ1n) is 10.5. The summed E-state index contributed by atoms with van der Waals surface area (Å²) in [5.74, 6) is 0.792. The number of amides is 2. The first-order valence-corrected chi connectivity index (χ1v) is 11.5. The molecule has 0 aromatic heterocycles. The summed E-state index contributed by atoms with van der Waals surface area (Å²) in [5, 5.41) is 3.11. The van der Waals surface area contributed by atoms with Gasteiger partial charge in [0.25, 0.3) is 0 Å². The lowest BCUT2D eigenvalue weighted by molar-refractivity contribution is -0.148. The van der Waals surface area contributed by atoms with Gasteiger partial charge >= 0.3 is 12.0 Å². The molecule has 0 radical (unpaired) electrons. The molecule has 1 saturated heterocycles. The van der Waals surface area contributed by atoms with Crippen molar-refractivity contribution in [2.24, 2.45) is 5.92 Å². The number of anilines is 1. The van der Waals surface area contributed by atoms with Crippen molar-refractivity contribution in [2.75, 3.05) is 17.7 Å². The van der Waals surface area contributed by atoms with E-state index in [1.54, 1.807) is 16.7 Å². The topological polar surface area (TPSA) is 58.6 Å². The van der Waals surface area contributed by atoms with Gasteiger partial charge in [0, 0.05) is 11.4 Å². The molecular formula is C22H32N2O3S. The Morgan fingerprint density at radius 3 is 2.68 bits per heavy atom. The lowest BCUT2D eigenvalue weighted by atomic mass is 9.88. The van der Waals surface area contributed by atoms with Crippen molar-refractivity contribution < 1.29 is 14.3 Å². The minimum absolute atomic E-state index is 0.0459. The van der Waals surface area contributed by atoms with Gasteiger partial charge < -0.3 is 10.1 Å². The zero-order chi connectivity index (χ0) is 20.1. The molecule has 2 atom stereocenters. The van der Waals surface area contributed by atoms with Gasteiger partial charge in [0.15, 0.2) is 0 Å². The fraction of sp³-hybridized carbons (Fsp3) is 0.636. The summed E-state index contributed by atoms with van der Waals surface area (Å²) in [6.07, 6.45) is 6.72. The lowest BCUT2D eigenvalue weighted by Gasteiger charge is -2.35. The van der Waals surface area contributed by atoms with Gasteiger partial charge in [-0.1, -0.05) is 38.3 Å². The zero-order valence-corrected chi connectivity index (χ0v) is 18.0. The largest absolute Gasteiger partial charge is 0.464 e. The third-order valence-electron chi connectivity index (χ3n) is 5.89. The van der Waals surface area contributed by atoms with Gasteiger partial charge in [-0.2, -0.15) is 0 Å². The van der Waals surface area contributed by atoms with E-state index in [2.05, 4.69) is 5.32 Å². The summed E-state index contributed by atoms with van der Waals surface area (Å²) in [4.78, 5) is 27.8. The highest BCUT2D eigenvalue weighted by Crippen LogP contribution is 2.41. The molecule has 28 heavy (non-hydrogen) atoms. The molecule has 1 N–H and O–H groups in total. The second-order valence-electron chi connectivity index (χ2n) is 7.89. The van der Waals surface area contributed by atoms with Crippen LogP contribution in [-0.4, -0.2) is 40.7 Å². The van der Waals surface area contributed by atoms with Gasteiger partial charge in [0.1, 0.15) is 6.04 Å². The number of benzene rings is 1. The number of ether oxygens (including phenoxy) is 1. The Balaban J connectivity index is 1.81. The molecular weight excluding hydrogens is 372 g/mol. The molecule has 1 heterocycles. The molecule has 1 aromatic rings. The quantitative estimate of drug-likeness (QED) is 0.693. The number of esters is 1. The summed E-state index contributed by atoms with van der Waals surface area (Å²) in [6.45, 7) is 6.43. The first kappa shape index (κ1) is 21.0. The molecule has 0 bridgehead atoms. The second-order valence-corrected chi connectivity index (χ2v) is 9.04. The fourth-order valence-electron chi connectivity index (χ4n) is 4.11. The van der Waals surface area contributed by atoms with Crippen molar-refractivity contribution in [1.29, 1.82) is 0 Å². The molecule has 1 saturated carbocycles. The summed E-state index contributed by atoms with van der Waals surface area (Å²) in [5.41, 5.74) is 3.00. The van der Waals surface area contributed by atoms with E-state index in [1.807, 2.05) is 39.0 Å². The monoisotopic (exact) mass is 404 g/mol. The van der Waals surface area contributed by atoms with E-state index in [0.717, 1.165) is 36.1 Å². The lowest BCUT2D eigenvalue weighted by Crippen LogP contribution is -2.50. The number of rotatable bonds is 5. The van der Waals surface area contributed by atoms with E-state index < -0.39 is 6.04 Å². The zero-order valence-electron chi connectivity index (χ0n) is 17.2. The molecule has 2 amide bonds. The minimum atomic E-state index is -0.506. The Morgan fingerprint density at radius 2 is 1.96 bits per heavy atom. The molecule has 1 aromatic carbocycles. The van der Waals surface area contributed by atoms with Gasteiger partial charge in [-0.05, 0) is 56.2 Å². The third-order valence-corrected chi connectivity index (χ3v) is 7.35. The molecule has 5 nitrogen and oxygen atoms in total. The fourth-order valence-corrected chi connectivity index (χ4v) is 5.74. The van der Waals surface area contributed by atoms with Crippen LogP contribution in [0, 0.1) is 19.8 Å². The Bertz CT molecular complexity index is 703. The SMILES string of the molecule is CCCOC(=O)[C@@H]1CS[C@H](C2CCCCC2)N1C(=O)Nc1cccc(C)c1C. The average Bonchev–Trinajstić information content (AvgIpc) is 3.15. The van der Waals surface area contributed by atoms with Crippen LogP contribution in [0.15, 0.2) is 18.2 Å². The predicted octanol–water partition coefficient (Wildman–Crippen LogP) is 5.11. The van der Waals surface area contributed by atoms with Crippen molar-refractivity contribution in [3.63, 3.8) is 0 Å². The predicted molar refractivity (Wildman–Crippen MR) is 115 cm³/mol. The van der Waals surface area contributed by atoms with Gasteiger partial charge in [-0.25, -0.2) is 9.59 Å².